The van der Waals surface area contributed by atoms with E-state index in [1.807, 2.05) is 20.8 Å². The first kappa shape index (κ1) is 16.7. The van der Waals surface area contributed by atoms with E-state index < -0.39 is 12.2 Å². The molecule has 0 spiro atoms. The maximum atomic E-state index is 13.0. The zero-order chi connectivity index (χ0) is 13.5. The van der Waals surface area contributed by atoms with Crippen molar-refractivity contribution in [1.82, 2.24) is 4.90 Å². The van der Waals surface area contributed by atoms with Crippen LogP contribution in [0.2, 0.25) is 0 Å². The van der Waals surface area contributed by atoms with Gasteiger partial charge in [0.15, 0.2) is 0 Å². The number of hydrogen-bond donors (Lipinski definition) is 1. The fourth-order valence-electron chi connectivity index (χ4n) is 1.93. The molecule has 0 fully saturated rings. The van der Waals surface area contributed by atoms with Gasteiger partial charge in [0.1, 0.15) is 6.04 Å². The van der Waals surface area contributed by atoms with Crippen LogP contribution in [0.15, 0.2) is 0 Å². The van der Waals surface area contributed by atoms with Gasteiger partial charge in [0.25, 0.3) is 0 Å². The highest BCUT2D eigenvalue weighted by molar-refractivity contribution is 4.82. The van der Waals surface area contributed by atoms with Crippen molar-refractivity contribution in [2.75, 3.05) is 13.1 Å². The monoisotopic (exact) mass is 254 g/mol. The van der Waals surface area contributed by atoms with E-state index >= 15 is 0 Å². The molecular formula is C12H25F3N2. The fraction of sp³-hybridized carbons (Fsp3) is 1.00. The van der Waals surface area contributed by atoms with Gasteiger partial charge in [0.2, 0.25) is 0 Å². The lowest BCUT2D eigenvalue weighted by molar-refractivity contribution is -0.190. The van der Waals surface area contributed by atoms with Crippen molar-refractivity contribution < 1.29 is 13.2 Å². The number of nitrogens with zero attached hydrogens (tertiary/aromatic N) is 1. The van der Waals surface area contributed by atoms with Crippen molar-refractivity contribution in [1.29, 1.82) is 0 Å². The second kappa shape index (κ2) is 7.93. The van der Waals surface area contributed by atoms with E-state index in [1.54, 1.807) is 4.90 Å². The molecule has 0 amide bonds. The highest BCUT2D eigenvalue weighted by atomic mass is 19.4. The van der Waals surface area contributed by atoms with Crippen LogP contribution in [0.25, 0.3) is 0 Å². The highest BCUT2D eigenvalue weighted by Gasteiger charge is 2.43. The third-order valence-corrected chi connectivity index (χ3v) is 3.15. The van der Waals surface area contributed by atoms with E-state index in [0.29, 0.717) is 6.54 Å². The summed E-state index contributed by atoms with van der Waals surface area (Å²) in [4.78, 5) is 1.57. The average Bonchev–Trinajstić information content (AvgIpc) is 2.26. The zero-order valence-electron chi connectivity index (χ0n) is 11.1. The summed E-state index contributed by atoms with van der Waals surface area (Å²) in [5, 5.41) is 0. The summed E-state index contributed by atoms with van der Waals surface area (Å²) in [6, 6.07) is -1.45. The smallest absolute Gasteiger partial charge is 0.330 e. The van der Waals surface area contributed by atoms with Gasteiger partial charge >= 0.3 is 6.18 Å². The van der Waals surface area contributed by atoms with Gasteiger partial charge in [-0.05, 0) is 39.3 Å². The van der Waals surface area contributed by atoms with Crippen molar-refractivity contribution in [2.45, 2.75) is 64.7 Å². The molecule has 0 saturated carbocycles. The zero-order valence-corrected chi connectivity index (χ0v) is 11.1. The predicted octanol–water partition coefficient (Wildman–Crippen LogP) is 3.17. The number of rotatable bonds is 8. The lowest BCUT2D eigenvalue weighted by atomic mass is 10.1. The van der Waals surface area contributed by atoms with Gasteiger partial charge in [0.05, 0.1) is 0 Å². The van der Waals surface area contributed by atoms with E-state index in [1.165, 1.54) is 0 Å². The Morgan fingerprint density at radius 2 is 1.82 bits per heavy atom. The van der Waals surface area contributed by atoms with Crippen molar-refractivity contribution in [3.63, 3.8) is 0 Å². The average molecular weight is 254 g/mol. The molecule has 0 aliphatic heterocycles. The van der Waals surface area contributed by atoms with E-state index in [0.717, 1.165) is 19.3 Å². The Labute approximate surface area is 102 Å². The molecule has 0 radical (unpaired) electrons. The van der Waals surface area contributed by atoms with Crippen LogP contribution < -0.4 is 5.73 Å². The summed E-state index contributed by atoms with van der Waals surface area (Å²) in [5.74, 6) is 0. The van der Waals surface area contributed by atoms with E-state index in [2.05, 4.69) is 0 Å². The summed E-state index contributed by atoms with van der Waals surface area (Å²) >= 11 is 0. The Bertz CT molecular complexity index is 195. The summed E-state index contributed by atoms with van der Waals surface area (Å²) in [5.41, 5.74) is 5.31. The summed E-state index contributed by atoms with van der Waals surface area (Å²) < 4.78 is 39.0. The number of nitrogens with two attached hydrogens (primary N) is 1. The SMILES string of the molecule is CCCCN(C(C)CC)C(CCN)C(F)(F)F. The molecule has 0 aliphatic rings. The van der Waals surface area contributed by atoms with Gasteiger partial charge in [-0.2, -0.15) is 13.2 Å². The van der Waals surface area contributed by atoms with Crippen LogP contribution in [-0.2, 0) is 0 Å². The van der Waals surface area contributed by atoms with Crippen molar-refractivity contribution in [2.24, 2.45) is 5.73 Å². The van der Waals surface area contributed by atoms with Gasteiger partial charge in [-0.1, -0.05) is 20.3 Å². The van der Waals surface area contributed by atoms with Crippen LogP contribution in [0.4, 0.5) is 13.2 Å². The molecule has 104 valence electrons. The minimum atomic E-state index is -4.18. The molecule has 2 N–H and O–H groups in total. The molecule has 0 aromatic carbocycles. The van der Waals surface area contributed by atoms with Crippen molar-refractivity contribution >= 4 is 0 Å². The topological polar surface area (TPSA) is 29.3 Å². The molecule has 2 nitrogen and oxygen atoms in total. The van der Waals surface area contributed by atoms with Crippen LogP contribution in [0.3, 0.4) is 0 Å². The lowest BCUT2D eigenvalue weighted by Crippen LogP contribution is -2.51. The predicted molar refractivity (Wildman–Crippen MR) is 64.9 cm³/mol. The molecular weight excluding hydrogens is 229 g/mol. The molecule has 0 heterocycles. The standard InChI is InChI=1S/C12H25F3N2/c1-4-6-9-17(10(3)5-2)11(7-8-16)12(13,14)15/h10-11H,4-9,16H2,1-3H3. The summed E-state index contributed by atoms with van der Waals surface area (Å²) in [6.07, 6.45) is -1.78. The molecule has 2 atom stereocenters. The van der Waals surface area contributed by atoms with E-state index in [9.17, 15) is 13.2 Å². The molecule has 0 aliphatic carbocycles. The minimum absolute atomic E-state index is 0.0163. The molecule has 0 saturated heterocycles. The van der Waals surface area contributed by atoms with Crippen molar-refractivity contribution in [3.05, 3.63) is 0 Å². The van der Waals surface area contributed by atoms with Crippen LogP contribution in [0.5, 0.6) is 0 Å². The second-order valence-electron chi connectivity index (χ2n) is 4.48. The Kier molecular flexibility index (Phi) is 7.79. The lowest BCUT2D eigenvalue weighted by Gasteiger charge is -2.37. The second-order valence-corrected chi connectivity index (χ2v) is 4.48. The number of unbranched alkanes of at least 4 members (excludes halogenated alkanes) is 1. The molecule has 2 unspecified atom stereocenters. The summed E-state index contributed by atoms with van der Waals surface area (Å²) in [7, 11) is 0. The van der Waals surface area contributed by atoms with Gasteiger partial charge in [-0.3, -0.25) is 4.90 Å². The fourth-order valence-corrected chi connectivity index (χ4v) is 1.93. The van der Waals surface area contributed by atoms with E-state index in [-0.39, 0.29) is 19.0 Å². The Balaban J connectivity index is 4.79. The van der Waals surface area contributed by atoms with Crippen LogP contribution in [-0.4, -0.2) is 36.2 Å². The molecule has 17 heavy (non-hydrogen) atoms. The highest BCUT2D eigenvalue weighted by Crippen LogP contribution is 2.29. The third kappa shape index (κ3) is 5.73. The Hall–Kier alpha value is -0.290. The Morgan fingerprint density at radius 1 is 1.24 bits per heavy atom. The third-order valence-electron chi connectivity index (χ3n) is 3.15. The molecule has 0 bridgehead atoms. The maximum Gasteiger partial charge on any atom is 0.404 e. The van der Waals surface area contributed by atoms with Gasteiger partial charge in [-0.25, -0.2) is 0 Å². The first-order valence-electron chi connectivity index (χ1n) is 6.40. The van der Waals surface area contributed by atoms with Crippen LogP contribution >= 0.6 is 0 Å². The molecule has 0 rings (SSSR count). The molecule has 5 heteroatoms. The largest absolute Gasteiger partial charge is 0.404 e. The van der Waals surface area contributed by atoms with Gasteiger partial charge in [-0.15, -0.1) is 0 Å². The number of halogens is 3. The van der Waals surface area contributed by atoms with E-state index in [4.69, 9.17) is 5.73 Å². The van der Waals surface area contributed by atoms with Gasteiger partial charge < -0.3 is 5.73 Å². The molecule has 0 aromatic heterocycles. The Morgan fingerprint density at radius 3 is 2.18 bits per heavy atom. The molecule has 0 aromatic rings. The van der Waals surface area contributed by atoms with Gasteiger partial charge in [0, 0.05) is 6.04 Å². The first-order chi connectivity index (χ1) is 7.88. The maximum absolute atomic E-state index is 13.0. The van der Waals surface area contributed by atoms with Crippen molar-refractivity contribution in [3.8, 4) is 0 Å². The van der Waals surface area contributed by atoms with Crippen LogP contribution in [0.1, 0.15) is 46.5 Å². The quantitative estimate of drug-likeness (QED) is 0.721. The number of alkyl halides is 3. The normalized spacial score (nSPS) is 16.2. The number of hydrogen-bond acceptors (Lipinski definition) is 2. The summed E-state index contributed by atoms with van der Waals surface area (Å²) in [6.45, 7) is 6.32. The van der Waals surface area contributed by atoms with Crippen LogP contribution in [0, 0.1) is 0 Å². The minimum Gasteiger partial charge on any atom is -0.330 e. The first-order valence-corrected chi connectivity index (χ1v) is 6.40.